The number of rotatable bonds is 3. The van der Waals surface area contributed by atoms with E-state index >= 15 is 0 Å². The largest absolute Gasteiger partial charge is 0.379 e. The quantitative estimate of drug-likeness (QED) is 0.835. The Morgan fingerprint density at radius 2 is 2.11 bits per heavy atom. The maximum Gasteiger partial charge on any atom is 0.224 e. The van der Waals surface area contributed by atoms with E-state index in [9.17, 15) is 4.79 Å². The molecular formula is C14H28N2O2. The van der Waals surface area contributed by atoms with E-state index in [1.807, 2.05) is 4.90 Å². The number of piperidine rings is 1. The molecule has 4 heteroatoms. The lowest BCUT2D eigenvalue weighted by Gasteiger charge is -2.37. The summed E-state index contributed by atoms with van der Waals surface area (Å²) in [5, 5.41) is 0. The Labute approximate surface area is 111 Å². The van der Waals surface area contributed by atoms with Crippen LogP contribution < -0.4 is 5.73 Å². The first-order valence-electron chi connectivity index (χ1n) is 6.82. The fraction of sp³-hybridized carbons (Fsp3) is 0.929. The average molecular weight is 256 g/mol. The molecular weight excluding hydrogens is 228 g/mol. The summed E-state index contributed by atoms with van der Waals surface area (Å²) in [6, 6.07) is -0.0923. The van der Waals surface area contributed by atoms with Crippen LogP contribution in [0.4, 0.5) is 0 Å². The number of carbonyl (C=O) groups is 1. The monoisotopic (exact) mass is 256 g/mol. The second-order valence-electron chi connectivity index (χ2n) is 6.56. The van der Waals surface area contributed by atoms with Gasteiger partial charge in [0.2, 0.25) is 5.91 Å². The molecule has 0 radical (unpaired) electrons. The molecule has 4 nitrogen and oxygen atoms in total. The summed E-state index contributed by atoms with van der Waals surface area (Å²) >= 11 is 0. The highest BCUT2D eigenvalue weighted by Gasteiger charge is 2.31. The van der Waals surface area contributed by atoms with Gasteiger partial charge in [-0.05, 0) is 17.8 Å². The lowest BCUT2D eigenvalue weighted by atomic mass is 9.85. The molecule has 0 aromatic carbocycles. The Morgan fingerprint density at radius 3 is 2.61 bits per heavy atom. The molecule has 1 amide bonds. The van der Waals surface area contributed by atoms with E-state index in [1.54, 1.807) is 7.11 Å². The Kier molecular flexibility index (Phi) is 5.17. The summed E-state index contributed by atoms with van der Waals surface area (Å²) in [5.74, 6) is 0.682. The van der Waals surface area contributed by atoms with Crippen molar-refractivity contribution in [2.45, 2.75) is 52.7 Å². The van der Waals surface area contributed by atoms with Crippen LogP contribution in [0, 0.1) is 11.3 Å². The molecule has 1 aliphatic heterocycles. The Hall–Kier alpha value is -0.610. The summed E-state index contributed by atoms with van der Waals surface area (Å²) in [6.07, 6.45) is 1.59. The second-order valence-corrected chi connectivity index (χ2v) is 6.56. The zero-order valence-corrected chi connectivity index (χ0v) is 12.4. The van der Waals surface area contributed by atoms with Gasteiger partial charge in [-0.3, -0.25) is 4.79 Å². The van der Waals surface area contributed by atoms with Crippen molar-refractivity contribution >= 4 is 5.91 Å². The average Bonchev–Trinajstić information content (AvgIpc) is 2.28. The van der Waals surface area contributed by atoms with Crippen molar-refractivity contribution in [3.05, 3.63) is 0 Å². The van der Waals surface area contributed by atoms with Crippen LogP contribution >= 0.6 is 0 Å². The summed E-state index contributed by atoms with van der Waals surface area (Å²) in [4.78, 5) is 14.1. The Balaban J connectivity index is 2.53. The SMILES string of the molecule is COC1CN(C(=O)CC(N)C(C)(C)C)CCC1C. The van der Waals surface area contributed by atoms with Gasteiger partial charge in [0.1, 0.15) is 0 Å². The van der Waals surface area contributed by atoms with Crippen LogP contribution in [0.5, 0.6) is 0 Å². The highest BCUT2D eigenvalue weighted by Crippen LogP contribution is 2.23. The molecule has 0 aromatic rings. The molecule has 1 rings (SSSR count). The van der Waals surface area contributed by atoms with Crippen molar-refractivity contribution in [1.29, 1.82) is 0 Å². The van der Waals surface area contributed by atoms with E-state index < -0.39 is 0 Å². The number of hydrogen-bond acceptors (Lipinski definition) is 3. The van der Waals surface area contributed by atoms with Gasteiger partial charge in [-0.1, -0.05) is 27.7 Å². The number of ether oxygens (including phenoxy) is 1. The Bertz CT molecular complexity index is 286. The predicted molar refractivity (Wildman–Crippen MR) is 73.2 cm³/mol. The van der Waals surface area contributed by atoms with Crippen LogP contribution in [0.2, 0.25) is 0 Å². The van der Waals surface area contributed by atoms with E-state index in [2.05, 4.69) is 27.7 Å². The molecule has 3 atom stereocenters. The molecule has 1 fully saturated rings. The zero-order valence-electron chi connectivity index (χ0n) is 12.4. The van der Waals surface area contributed by atoms with Gasteiger partial charge in [-0.2, -0.15) is 0 Å². The minimum Gasteiger partial charge on any atom is -0.379 e. The molecule has 0 bridgehead atoms. The predicted octanol–water partition coefficient (Wildman–Crippen LogP) is 1.63. The minimum atomic E-state index is -0.0923. The van der Waals surface area contributed by atoms with Crippen molar-refractivity contribution < 1.29 is 9.53 Å². The van der Waals surface area contributed by atoms with Gasteiger partial charge in [-0.15, -0.1) is 0 Å². The van der Waals surface area contributed by atoms with Gasteiger partial charge < -0.3 is 15.4 Å². The molecule has 0 saturated carbocycles. The molecule has 0 aromatic heterocycles. The standard InChI is InChI=1S/C14H28N2O2/c1-10-6-7-16(9-11(10)18-5)13(17)8-12(15)14(2,3)4/h10-12H,6-9,15H2,1-5H3. The lowest BCUT2D eigenvalue weighted by Crippen LogP contribution is -2.49. The number of hydrogen-bond donors (Lipinski definition) is 1. The third kappa shape index (κ3) is 3.95. The number of nitrogens with two attached hydrogens (primary N) is 1. The zero-order chi connectivity index (χ0) is 13.9. The maximum atomic E-state index is 12.2. The van der Waals surface area contributed by atoms with Gasteiger partial charge in [0.25, 0.3) is 0 Å². The van der Waals surface area contributed by atoms with Crippen molar-refractivity contribution in [1.82, 2.24) is 4.90 Å². The summed E-state index contributed by atoms with van der Waals surface area (Å²) in [7, 11) is 1.72. The minimum absolute atomic E-state index is 0.0284. The lowest BCUT2D eigenvalue weighted by molar-refractivity contribution is -0.137. The fourth-order valence-electron chi connectivity index (χ4n) is 2.19. The van der Waals surface area contributed by atoms with Crippen LogP contribution in [0.15, 0.2) is 0 Å². The van der Waals surface area contributed by atoms with Crippen molar-refractivity contribution in [2.75, 3.05) is 20.2 Å². The van der Waals surface area contributed by atoms with E-state index in [-0.39, 0.29) is 23.5 Å². The third-order valence-corrected chi connectivity index (χ3v) is 4.05. The maximum absolute atomic E-state index is 12.2. The highest BCUT2D eigenvalue weighted by molar-refractivity contribution is 5.77. The van der Waals surface area contributed by atoms with E-state index in [0.717, 1.165) is 13.0 Å². The normalized spacial score (nSPS) is 27.1. The first kappa shape index (κ1) is 15.4. The number of likely N-dealkylation sites (tertiary alicyclic amines) is 1. The van der Waals surface area contributed by atoms with E-state index in [4.69, 9.17) is 10.5 Å². The van der Waals surface area contributed by atoms with E-state index in [1.165, 1.54) is 0 Å². The summed E-state index contributed by atoms with van der Waals surface area (Å²) < 4.78 is 5.43. The van der Waals surface area contributed by atoms with Crippen LogP contribution in [0.25, 0.3) is 0 Å². The van der Waals surface area contributed by atoms with Crippen molar-refractivity contribution in [3.8, 4) is 0 Å². The smallest absolute Gasteiger partial charge is 0.224 e. The fourth-order valence-corrected chi connectivity index (χ4v) is 2.19. The molecule has 106 valence electrons. The van der Waals surface area contributed by atoms with Crippen molar-refractivity contribution in [2.24, 2.45) is 17.1 Å². The molecule has 0 spiro atoms. The number of nitrogens with zero attached hydrogens (tertiary/aromatic N) is 1. The van der Waals surface area contributed by atoms with Gasteiger partial charge in [-0.25, -0.2) is 0 Å². The Morgan fingerprint density at radius 1 is 1.50 bits per heavy atom. The molecule has 1 aliphatic rings. The van der Waals surface area contributed by atoms with Gasteiger partial charge in [0.05, 0.1) is 6.10 Å². The first-order chi connectivity index (χ1) is 8.25. The van der Waals surface area contributed by atoms with E-state index in [0.29, 0.717) is 18.9 Å². The van der Waals surface area contributed by atoms with Crippen molar-refractivity contribution in [3.63, 3.8) is 0 Å². The van der Waals surface area contributed by atoms with Gasteiger partial charge in [0, 0.05) is 32.7 Å². The van der Waals surface area contributed by atoms with Crippen LogP contribution in [-0.2, 0) is 9.53 Å². The third-order valence-electron chi connectivity index (χ3n) is 4.05. The molecule has 3 unspecified atom stereocenters. The molecule has 18 heavy (non-hydrogen) atoms. The van der Waals surface area contributed by atoms with Gasteiger partial charge in [0.15, 0.2) is 0 Å². The number of amides is 1. The molecule has 0 aliphatic carbocycles. The second kappa shape index (κ2) is 6.02. The van der Waals surface area contributed by atoms with Crippen LogP contribution in [-0.4, -0.2) is 43.2 Å². The molecule has 1 heterocycles. The van der Waals surface area contributed by atoms with Crippen LogP contribution in [0.3, 0.4) is 0 Å². The number of carbonyl (C=O) groups excluding carboxylic acids is 1. The molecule has 2 N–H and O–H groups in total. The number of methoxy groups -OCH3 is 1. The molecule has 1 saturated heterocycles. The summed E-state index contributed by atoms with van der Waals surface area (Å²) in [5.41, 5.74) is 6.05. The topological polar surface area (TPSA) is 55.6 Å². The highest BCUT2D eigenvalue weighted by atomic mass is 16.5. The van der Waals surface area contributed by atoms with Gasteiger partial charge >= 0.3 is 0 Å². The first-order valence-corrected chi connectivity index (χ1v) is 6.82. The summed E-state index contributed by atoms with van der Waals surface area (Å²) in [6.45, 7) is 9.92. The van der Waals surface area contributed by atoms with Crippen LogP contribution in [0.1, 0.15) is 40.5 Å².